The maximum atomic E-state index is 12.3. The van der Waals surface area contributed by atoms with Crippen molar-refractivity contribution >= 4 is 23.7 Å². The number of imide groups is 1. The minimum atomic E-state index is -0.961. The molecule has 0 saturated carbocycles. The average molecular weight is 298 g/mol. The number of rotatable bonds is 8. The fraction of sp³-hybridized carbons (Fsp3) is 0.714. The van der Waals surface area contributed by atoms with E-state index in [1.54, 1.807) is 13.8 Å². The lowest BCUT2D eigenvalue weighted by Gasteiger charge is -2.21. The van der Waals surface area contributed by atoms with Crippen molar-refractivity contribution in [2.24, 2.45) is 0 Å². The van der Waals surface area contributed by atoms with Gasteiger partial charge in [-0.3, -0.25) is 19.3 Å². The molecule has 21 heavy (non-hydrogen) atoms. The zero-order valence-corrected chi connectivity index (χ0v) is 12.7. The van der Waals surface area contributed by atoms with Gasteiger partial charge in [-0.2, -0.15) is 0 Å². The molecule has 7 heteroatoms. The molecular formula is C14H22N2O5. The molecule has 0 bridgehead atoms. The third-order valence-electron chi connectivity index (χ3n) is 3.36. The van der Waals surface area contributed by atoms with Crippen LogP contribution in [0.3, 0.4) is 0 Å². The molecule has 1 atom stereocenters. The molecule has 1 aliphatic rings. The van der Waals surface area contributed by atoms with Crippen LogP contribution in [-0.2, 0) is 19.1 Å². The van der Waals surface area contributed by atoms with E-state index in [0.29, 0.717) is 6.42 Å². The lowest BCUT2D eigenvalue weighted by Crippen LogP contribution is -2.44. The maximum Gasteiger partial charge on any atom is 0.325 e. The Labute approximate surface area is 124 Å². The Morgan fingerprint density at radius 1 is 1.29 bits per heavy atom. The highest BCUT2D eigenvalue weighted by molar-refractivity contribution is 6.10. The Morgan fingerprint density at radius 2 is 1.95 bits per heavy atom. The molecule has 0 radical (unpaired) electrons. The number of carbonyl (C=O) groups excluding carboxylic acids is 4. The van der Waals surface area contributed by atoms with Crippen LogP contribution in [0, 0.1) is 0 Å². The number of hydrogen-bond donors (Lipinski definition) is 1. The van der Waals surface area contributed by atoms with Crippen LogP contribution in [0.15, 0.2) is 0 Å². The summed E-state index contributed by atoms with van der Waals surface area (Å²) in [4.78, 5) is 47.9. The van der Waals surface area contributed by atoms with Gasteiger partial charge in [0.25, 0.3) is 5.91 Å². The Morgan fingerprint density at radius 3 is 2.52 bits per heavy atom. The summed E-state index contributed by atoms with van der Waals surface area (Å²) < 4.78 is 4.66. The number of nitrogens with one attached hydrogen (secondary N) is 1. The maximum absolute atomic E-state index is 12.3. The fourth-order valence-corrected chi connectivity index (χ4v) is 2.20. The van der Waals surface area contributed by atoms with E-state index in [1.165, 1.54) is 0 Å². The number of amides is 3. The fourth-order valence-electron chi connectivity index (χ4n) is 2.20. The minimum absolute atomic E-state index is 0.185. The third-order valence-corrected chi connectivity index (χ3v) is 3.36. The van der Waals surface area contributed by atoms with Crippen LogP contribution in [0.25, 0.3) is 0 Å². The molecule has 1 fully saturated rings. The lowest BCUT2D eigenvalue weighted by atomic mass is 9.95. The van der Waals surface area contributed by atoms with E-state index >= 15 is 0 Å². The Hall–Kier alpha value is -1.92. The summed E-state index contributed by atoms with van der Waals surface area (Å²) in [7, 11) is 0. The van der Waals surface area contributed by atoms with E-state index in [4.69, 9.17) is 0 Å². The molecule has 1 heterocycles. The van der Waals surface area contributed by atoms with Crippen molar-refractivity contribution in [2.45, 2.75) is 52.0 Å². The summed E-state index contributed by atoms with van der Waals surface area (Å²) in [6, 6.07) is -0.587. The van der Waals surface area contributed by atoms with Crippen LogP contribution in [0.4, 0.5) is 4.79 Å². The number of esters is 1. The number of Topliss-reactive ketones (excluding diaryl/α,β-unsaturated/α-hetero) is 1. The van der Waals surface area contributed by atoms with Gasteiger partial charge >= 0.3 is 12.0 Å². The molecule has 0 spiro atoms. The van der Waals surface area contributed by atoms with Crippen LogP contribution in [0.1, 0.15) is 46.5 Å². The second-order valence-corrected chi connectivity index (χ2v) is 5.28. The van der Waals surface area contributed by atoms with E-state index in [1.807, 2.05) is 6.92 Å². The highest BCUT2D eigenvalue weighted by atomic mass is 16.5. The van der Waals surface area contributed by atoms with Gasteiger partial charge in [-0.25, -0.2) is 4.79 Å². The van der Waals surface area contributed by atoms with Gasteiger partial charge in [0.2, 0.25) is 0 Å². The predicted octanol–water partition coefficient (Wildman–Crippen LogP) is 1.01. The van der Waals surface area contributed by atoms with Crippen molar-refractivity contribution in [3.8, 4) is 0 Å². The molecule has 0 aromatic carbocycles. The molecule has 118 valence electrons. The van der Waals surface area contributed by atoms with E-state index in [-0.39, 0.29) is 6.61 Å². The van der Waals surface area contributed by atoms with Crippen molar-refractivity contribution in [3.63, 3.8) is 0 Å². The Bertz CT molecular complexity index is 449. The molecule has 3 amide bonds. The molecule has 1 saturated heterocycles. The first-order chi connectivity index (χ1) is 9.84. The average Bonchev–Trinajstić information content (AvgIpc) is 2.61. The molecular weight excluding hydrogens is 276 g/mol. The first-order valence-electron chi connectivity index (χ1n) is 7.15. The first-order valence-corrected chi connectivity index (χ1v) is 7.15. The van der Waals surface area contributed by atoms with Crippen molar-refractivity contribution < 1.29 is 23.9 Å². The van der Waals surface area contributed by atoms with Crippen molar-refractivity contribution in [3.05, 3.63) is 0 Å². The van der Waals surface area contributed by atoms with Gasteiger partial charge in [0, 0.05) is 0 Å². The van der Waals surface area contributed by atoms with Crippen LogP contribution in [-0.4, -0.2) is 47.3 Å². The number of ketones is 1. The molecule has 1 rings (SSSR count). The largest absolute Gasteiger partial charge is 0.466 e. The van der Waals surface area contributed by atoms with Gasteiger partial charge < -0.3 is 10.1 Å². The third kappa shape index (κ3) is 4.27. The molecule has 0 aromatic heterocycles. The zero-order chi connectivity index (χ0) is 16.0. The van der Waals surface area contributed by atoms with Gasteiger partial charge in [0.15, 0.2) is 5.78 Å². The Kier molecular flexibility index (Phi) is 5.87. The Balaban J connectivity index is 2.63. The van der Waals surface area contributed by atoms with E-state index in [9.17, 15) is 19.2 Å². The summed E-state index contributed by atoms with van der Waals surface area (Å²) in [6.07, 6.45) is 1.79. The molecule has 0 aromatic rings. The smallest absolute Gasteiger partial charge is 0.325 e. The monoisotopic (exact) mass is 298 g/mol. The van der Waals surface area contributed by atoms with Crippen LogP contribution in [0.5, 0.6) is 0 Å². The number of carbonyl (C=O) groups is 4. The zero-order valence-electron chi connectivity index (χ0n) is 12.7. The highest BCUT2D eigenvalue weighted by Crippen LogP contribution is 2.23. The van der Waals surface area contributed by atoms with Gasteiger partial charge in [-0.05, 0) is 20.3 Å². The van der Waals surface area contributed by atoms with Crippen molar-refractivity contribution in [1.29, 1.82) is 0 Å². The SMILES string of the molecule is CCCCC1(C)NC(=O)N(CC(=O)CC(=O)OCC)C1=O. The molecule has 0 aliphatic carbocycles. The standard InChI is InChI=1S/C14H22N2O5/c1-4-6-7-14(3)12(19)16(13(20)15-14)9-10(17)8-11(18)21-5-2/h4-9H2,1-3H3,(H,15,20). The van der Waals surface area contributed by atoms with Crippen LogP contribution < -0.4 is 5.32 Å². The quantitative estimate of drug-likeness (QED) is 0.410. The topological polar surface area (TPSA) is 92.8 Å². The highest BCUT2D eigenvalue weighted by Gasteiger charge is 2.47. The number of hydrogen-bond acceptors (Lipinski definition) is 5. The number of unbranched alkanes of at least 4 members (excludes halogenated alkanes) is 1. The van der Waals surface area contributed by atoms with E-state index in [0.717, 1.165) is 17.7 Å². The summed E-state index contributed by atoms with van der Waals surface area (Å²) in [6.45, 7) is 5.07. The van der Waals surface area contributed by atoms with Crippen LogP contribution in [0.2, 0.25) is 0 Å². The molecule has 7 nitrogen and oxygen atoms in total. The summed E-state index contributed by atoms with van der Waals surface area (Å²) >= 11 is 0. The molecule has 1 aliphatic heterocycles. The first kappa shape index (κ1) is 17.1. The number of ether oxygens (including phenoxy) is 1. The molecule has 1 N–H and O–H groups in total. The van der Waals surface area contributed by atoms with Crippen LogP contribution >= 0.6 is 0 Å². The summed E-state index contributed by atoms with van der Waals surface area (Å²) in [5, 5.41) is 2.62. The minimum Gasteiger partial charge on any atom is -0.466 e. The summed E-state index contributed by atoms with van der Waals surface area (Å²) in [5.41, 5.74) is -0.961. The van der Waals surface area contributed by atoms with Gasteiger partial charge in [-0.15, -0.1) is 0 Å². The van der Waals surface area contributed by atoms with E-state index < -0.39 is 42.2 Å². The summed E-state index contributed by atoms with van der Waals surface area (Å²) in [5.74, 6) is -1.59. The van der Waals surface area contributed by atoms with Crippen molar-refractivity contribution in [2.75, 3.05) is 13.2 Å². The number of urea groups is 1. The van der Waals surface area contributed by atoms with E-state index in [2.05, 4.69) is 10.1 Å². The second kappa shape index (κ2) is 7.19. The van der Waals surface area contributed by atoms with Gasteiger partial charge in [-0.1, -0.05) is 19.8 Å². The molecule has 1 unspecified atom stereocenters. The predicted molar refractivity (Wildman–Crippen MR) is 74.4 cm³/mol. The second-order valence-electron chi connectivity index (χ2n) is 5.28. The van der Waals surface area contributed by atoms with Crippen molar-refractivity contribution in [1.82, 2.24) is 10.2 Å². The number of nitrogens with zero attached hydrogens (tertiary/aromatic N) is 1. The normalized spacial score (nSPS) is 21.4. The lowest BCUT2D eigenvalue weighted by molar-refractivity contribution is -0.146. The van der Waals surface area contributed by atoms with Gasteiger partial charge in [0.1, 0.15) is 12.0 Å². The van der Waals surface area contributed by atoms with Gasteiger partial charge in [0.05, 0.1) is 13.2 Å².